The van der Waals surface area contributed by atoms with Crippen LogP contribution in [0.25, 0.3) is 0 Å². The van der Waals surface area contributed by atoms with Gasteiger partial charge in [0.1, 0.15) is 5.02 Å². The molecule has 0 saturated heterocycles. The van der Waals surface area contributed by atoms with Gasteiger partial charge in [-0.15, -0.1) is 0 Å². The Labute approximate surface area is 105 Å². The third-order valence-corrected chi connectivity index (χ3v) is 3.75. The molecule has 1 heterocycles. The van der Waals surface area contributed by atoms with Crippen LogP contribution in [0.3, 0.4) is 0 Å². The lowest BCUT2D eigenvalue weighted by molar-refractivity contribution is 0.516. The second-order valence-corrected chi connectivity index (χ2v) is 4.86. The summed E-state index contributed by atoms with van der Waals surface area (Å²) in [7, 11) is 1.58. The van der Waals surface area contributed by atoms with Crippen molar-refractivity contribution in [3.8, 4) is 0 Å². The number of nitrogens with zero attached hydrogens (tertiary/aromatic N) is 2. The van der Waals surface area contributed by atoms with E-state index in [1.54, 1.807) is 13.2 Å². The zero-order valence-corrected chi connectivity index (χ0v) is 10.6. The minimum absolute atomic E-state index is 0.199. The Balaban J connectivity index is 2.19. The number of anilines is 1. The first-order chi connectivity index (χ1) is 8.13. The lowest BCUT2D eigenvalue weighted by Crippen LogP contribution is -2.31. The number of hydrogen-bond acceptors (Lipinski definition) is 4. The highest BCUT2D eigenvalue weighted by Gasteiger charge is 2.26. The molecule has 1 aromatic heterocycles. The van der Waals surface area contributed by atoms with Gasteiger partial charge in [-0.3, -0.25) is 4.79 Å². The highest BCUT2D eigenvalue weighted by molar-refractivity contribution is 6.32. The van der Waals surface area contributed by atoms with Crippen LogP contribution in [-0.4, -0.2) is 22.4 Å². The van der Waals surface area contributed by atoms with Gasteiger partial charge >= 0.3 is 0 Å². The molecule has 1 aliphatic carbocycles. The van der Waals surface area contributed by atoms with Crippen molar-refractivity contribution in [3.63, 3.8) is 0 Å². The fraction of sp³-hybridized carbons (Fsp3) is 0.636. The molecule has 5 nitrogen and oxygen atoms in total. The molecule has 1 aromatic rings. The number of halogens is 1. The van der Waals surface area contributed by atoms with Crippen LogP contribution in [0.2, 0.25) is 5.02 Å². The van der Waals surface area contributed by atoms with Crippen LogP contribution in [0.5, 0.6) is 0 Å². The number of aryl methyl sites for hydroxylation is 1. The van der Waals surface area contributed by atoms with Gasteiger partial charge in [0.05, 0.1) is 11.9 Å². The minimum Gasteiger partial charge on any atom is -0.379 e. The van der Waals surface area contributed by atoms with Gasteiger partial charge in [-0.1, -0.05) is 18.0 Å². The summed E-state index contributed by atoms with van der Waals surface area (Å²) in [4.78, 5) is 11.6. The number of nitrogens with one attached hydrogen (secondary N) is 1. The van der Waals surface area contributed by atoms with Crippen LogP contribution >= 0.6 is 11.6 Å². The molecular weight excluding hydrogens is 240 g/mol. The van der Waals surface area contributed by atoms with Gasteiger partial charge in [0.15, 0.2) is 0 Å². The van der Waals surface area contributed by atoms with E-state index in [2.05, 4.69) is 10.4 Å². The summed E-state index contributed by atoms with van der Waals surface area (Å²) in [5, 5.41) is 7.45. The number of aromatic nitrogens is 2. The zero-order chi connectivity index (χ0) is 12.4. The van der Waals surface area contributed by atoms with E-state index in [1.807, 2.05) is 0 Å². The summed E-state index contributed by atoms with van der Waals surface area (Å²) in [6, 6.07) is 0.298. The standard InChI is InChI=1S/C11H17ClN4O/c1-16-11(17)10(12)9(6-14-16)15-8-4-2-3-7(8)5-13/h6-8,15H,2-5,13H2,1H3. The van der Waals surface area contributed by atoms with Crippen LogP contribution in [0.1, 0.15) is 19.3 Å². The van der Waals surface area contributed by atoms with Gasteiger partial charge in [0.25, 0.3) is 5.56 Å². The molecule has 6 heteroatoms. The van der Waals surface area contributed by atoms with Crippen molar-refractivity contribution < 1.29 is 0 Å². The van der Waals surface area contributed by atoms with E-state index >= 15 is 0 Å². The maximum atomic E-state index is 11.6. The molecule has 2 unspecified atom stereocenters. The summed E-state index contributed by atoms with van der Waals surface area (Å²) < 4.78 is 1.22. The van der Waals surface area contributed by atoms with Gasteiger partial charge < -0.3 is 11.1 Å². The molecule has 0 spiro atoms. The second-order valence-electron chi connectivity index (χ2n) is 4.48. The van der Waals surface area contributed by atoms with Gasteiger partial charge in [-0.05, 0) is 25.3 Å². The molecule has 94 valence electrons. The molecule has 2 rings (SSSR count). The largest absolute Gasteiger partial charge is 0.379 e. The van der Waals surface area contributed by atoms with E-state index in [1.165, 1.54) is 4.68 Å². The topological polar surface area (TPSA) is 72.9 Å². The smallest absolute Gasteiger partial charge is 0.287 e. The van der Waals surface area contributed by atoms with E-state index in [0.29, 0.717) is 24.2 Å². The summed E-state index contributed by atoms with van der Waals surface area (Å²) >= 11 is 6.00. The summed E-state index contributed by atoms with van der Waals surface area (Å²) in [5.41, 5.74) is 6.05. The van der Waals surface area contributed by atoms with Crippen LogP contribution < -0.4 is 16.6 Å². The third-order valence-electron chi connectivity index (χ3n) is 3.38. The average Bonchev–Trinajstić information content (AvgIpc) is 2.77. The molecule has 0 radical (unpaired) electrons. The molecule has 1 aliphatic rings. The fourth-order valence-electron chi connectivity index (χ4n) is 2.32. The molecular formula is C11H17ClN4O. The summed E-state index contributed by atoms with van der Waals surface area (Å²) in [6.45, 7) is 0.660. The summed E-state index contributed by atoms with van der Waals surface area (Å²) in [6.07, 6.45) is 4.95. The molecule has 0 aliphatic heterocycles. The van der Waals surface area contributed by atoms with Gasteiger partial charge in [-0.2, -0.15) is 5.10 Å². The highest BCUT2D eigenvalue weighted by atomic mass is 35.5. The predicted molar refractivity (Wildman–Crippen MR) is 68.3 cm³/mol. The van der Waals surface area contributed by atoms with Crippen molar-refractivity contribution in [1.82, 2.24) is 9.78 Å². The normalized spacial score (nSPS) is 23.9. The Hall–Kier alpha value is -1.07. The molecule has 1 fully saturated rings. The SMILES string of the molecule is Cn1ncc(NC2CCCC2CN)c(Cl)c1=O. The van der Waals surface area contributed by atoms with Crippen molar-refractivity contribution in [2.75, 3.05) is 11.9 Å². The van der Waals surface area contributed by atoms with E-state index in [4.69, 9.17) is 17.3 Å². The number of nitrogens with two attached hydrogens (primary N) is 1. The Morgan fingerprint density at radius 2 is 2.41 bits per heavy atom. The van der Waals surface area contributed by atoms with Gasteiger partial charge in [-0.25, -0.2) is 4.68 Å². The van der Waals surface area contributed by atoms with E-state index in [0.717, 1.165) is 19.3 Å². The Kier molecular flexibility index (Phi) is 3.69. The lowest BCUT2D eigenvalue weighted by atomic mass is 10.0. The quantitative estimate of drug-likeness (QED) is 0.845. The first kappa shape index (κ1) is 12.4. The summed E-state index contributed by atoms with van der Waals surface area (Å²) in [5.74, 6) is 0.454. The first-order valence-electron chi connectivity index (χ1n) is 5.82. The number of hydrogen-bond donors (Lipinski definition) is 2. The van der Waals surface area contributed by atoms with E-state index < -0.39 is 0 Å². The predicted octanol–water partition coefficient (Wildman–Crippen LogP) is 0.973. The van der Waals surface area contributed by atoms with Crippen LogP contribution in [-0.2, 0) is 7.05 Å². The van der Waals surface area contributed by atoms with Gasteiger partial charge in [0, 0.05) is 13.1 Å². The maximum Gasteiger partial charge on any atom is 0.287 e. The molecule has 0 aromatic carbocycles. The van der Waals surface area contributed by atoms with Crippen molar-refractivity contribution in [2.24, 2.45) is 18.7 Å². The van der Waals surface area contributed by atoms with Crippen molar-refractivity contribution in [2.45, 2.75) is 25.3 Å². The molecule has 17 heavy (non-hydrogen) atoms. The maximum absolute atomic E-state index is 11.6. The minimum atomic E-state index is -0.279. The second kappa shape index (κ2) is 5.06. The fourth-order valence-corrected chi connectivity index (χ4v) is 2.55. The average molecular weight is 257 g/mol. The molecule has 0 amide bonds. The Bertz CT molecular complexity index is 459. The van der Waals surface area contributed by atoms with Crippen LogP contribution in [0, 0.1) is 5.92 Å². The molecule has 1 saturated carbocycles. The van der Waals surface area contributed by atoms with Crippen LogP contribution in [0.4, 0.5) is 5.69 Å². The Morgan fingerprint density at radius 3 is 3.12 bits per heavy atom. The Morgan fingerprint density at radius 1 is 1.65 bits per heavy atom. The number of rotatable bonds is 3. The molecule has 0 bridgehead atoms. The molecule has 3 N–H and O–H groups in total. The van der Waals surface area contributed by atoms with Crippen LogP contribution in [0.15, 0.2) is 11.0 Å². The third kappa shape index (κ3) is 2.45. The zero-order valence-electron chi connectivity index (χ0n) is 9.82. The monoisotopic (exact) mass is 256 g/mol. The van der Waals surface area contributed by atoms with E-state index in [9.17, 15) is 4.79 Å². The van der Waals surface area contributed by atoms with Crippen molar-refractivity contribution >= 4 is 17.3 Å². The highest BCUT2D eigenvalue weighted by Crippen LogP contribution is 2.28. The van der Waals surface area contributed by atoms with Gasteiger partial charge in [0.2, 0.25) is 0 Å². The molecule has 2 atom stereocenters. The first-order valence-corrected chi connectivity index (χ1v) is 6.19. The van der Waals surface area contributed by atoms with Crippen molar-refractivity contribution in [3.05, 3.63) is 21.6 Å². The van der Waals surface area contributed by atoms with E-state index in [-0.39, 0.29) is 10.6 Å². The lowest BCUT2D eigenvalue weighted by Gasteiger charge is -2.21. The van der Waals surface area contributed by atoms with Crippen molar-refractivity contribution in [1.29, 1.82) is 0 Å².